The van der Waals surface area contributed by atoms with E-state index in [2.05, 4.69) is 73.4 Å². The van der Waals surface area contributed by atoms with E-state index in [1.54, 1.807) is 0 Å². The number of nitrogens with one attached hydrogen (secondary N) is 1. The van der Waals surface area contributed by atoms with Crippen LogP contribution in [0.4, 0.5) is 0 Å². The molecule has 0 aliphatic carbocycles. The molecule has 1 aromatic heterocycles. The molecule has 0 bridgehead atoms. The molecular formula is C22H46NO3Zr-. The summed E-state index contributed by atoms with van der Waals surface area (Å²) >= 11 is 0. The summed E-state index contributed by atoms with van der Waals surface area (Å²) in [5.41, 5.74) is 4.58. The number of aliphatic hydroxyl groups is 3. The fourth-order valence-corrected chi connectivity index (χ4v) is 2.29. The summed E-state index contributed by atoms with van der Waals surface area (Å²) in [7, 11) is 3.00. The first-order valence-electron chi connectivity index (χ1n) is 9.52. The standard InChI is InChI=1S/C19H34N.3CH4O.Zr/c1-10-17(4,5)14-13-15(18(6,7)11-2)20-16(14)19(8,9)12-3;3*1-2;/h20H,10-12H2,1-9H3;3*2H,1H3;/q-1;;;;. The van der Waals surface area contributed by atoms with Gasteiger partial charge in [0.05, 0.1) is 0 Å². The average Bonchev–Trinajstić information content (AvgIpc) is 3.15. The van der Waals surface area contributed by atoms with Crippen molar-refractivity contribution in [2.45, 2.75) is 97.8 Å². The van der Waals surface area contributed by atoms with Crippen LogP contribution in [0, 0.1) is 6.07 Å². The van der Waals surface area contributed by atoms with E-state index < -0.39 is 0 Å². The minimum absolute atomic E-state index is 0. The normalized spacial score (nSPS) is 10.9. The summed E-state index contributed by atoms with van der Waals surface area (Å²) < 4.78 is 0. The Balaban J connectivity index is -0.000000342. The predicted molar refractivity (Wildman–Crippen MR) is 114 cm³/mol. The van der Waals surface area contributed by atoms with Crippen LogP contribution in [0.25, 0.3) is 0 Å². The van der Waals surface area contributed by atoms with Crippen molar-refractivity contribution in [3.8, 4) is 0 Å². The Hall–Kier alpha value is 0.0431. The fourth-order valence-electron chi connectivity index (χ4n) is 2.29. The smallest absolute Gasteiger partial charge is 0.0319 e. The van der Waals surface area contributed by atoms with Crippen LogP contribution in [-0.4, -0.2) is 41.6 Å². The van der Waals surface area contributed by atoms with Crippen molar-refractivity contribution in [2.75, 3.05) is 21.3 Å². The molecule has 0 amide bonds. The number of aromatic nitrogens is 1. The van der Waals surface area contributed by atoms with Crippen molar-refractivity contribution < 1.29 is 41.5 Å². The maximum absolute atomic E-state index is 7.00. The van der Waals surface area contributed by atoms with Crippen molar-refractivity contribution in [2.24, 2.45) is 0 Å². The molecule has 0 aromatic carbocycles. The Kier molecular flexibility index (Phi) is 20.4. The average molecular weight is 464 g/mol. The summed E-state index contributed by atoms with van der Waals surface area (Å²) in [6.07, 6.45) is 3.41. The van der Waals surface area contributed by atoms with Crippen molar-refractivity contribution in [3.05, 3.63) is 23.0 Å². The van der Waals surface area contributed by atoms with Gasteiger partial charge in [-0.25, -0.2) is 6.07 Å². The first-order chi connectivity index (χ1) is 12.0. The van der Waals surface area contributed by atoms with Crippen molar-refractivity contribution >= 4 is 0 Å². The minimum Gasteiger partial charge on any atom is -0.454 e. The third-order valence-corrected chi connectivity index (χ3v) is 5.43. The summed E-state index contributed by atoms with van der Waals surface area (Å²) in [5.74, 6) is 0. The molecule has 1 aromatic rings. The maximum atomic E-state index is 7.00. The number of hydrogen-bond acceptors (Lipinski definition) is 3. The SMILES string of the molecule is CCC(C)(C)c1[c-]c(C(C)(C)CC)c(C(C)(C)CC)[nH]1.CO.CO.CO.[Zr]. The summed E-state index contributed by atoms with van der Waals surface area (Å²) in [4.78, 5) is 3.75. The van der Waals surface area contributed by atoms with Crippen molar-refractivity contribution in [1.29, 1.82) is 0 Å². The molecule has 162 valence electrons. The molecule has 0 fully saturated rings. The third kappa shape index (κ3) is 9.88. The second-order valence-corrected chi connectivity index (χ2v) is 8.09. The van der Waals surface area contributed by atoms with E-state index in [9.17, 15) is 0 Å². The van der Waals surface area contributed by atoms with Gasteiger partial charge in [-0.1, -0.05) is 79.8 Å². The van der Waals surface area contributed by atoms with E-state index in [1.807, 2.05) is 0 Å². The van der Waals surface area contributed by atoms with Gasteiger partial charge >= 0.3 is 0 Å². The van der Waals surface area contributed by atoms with Gasteiger partial charge in [-0.3, -0.25) is 0 Å². The van der Waals surface area contributed by atoms with Gasteiger partial charge in [0, 0.05) is 47.5 Å². The number of aromatic amines is 1. The number of aliphatic hydroxyl groups excluding tert-OH is 3. The van der Waals surface area contributed by atoms with E-state index in [4.69, 9.17) is 15.3 Å². The van der Waals surface area contributed by atoms with Gasteiger partial charge in [-0.2, -0.15) is 5.56 Å². The Morgan fingerprint density at radius 1 is 0.667 bits per heavy atom. The molecule has 0 atom stereocenters. The van der Waals surface area contributed by atoms with Crippen LogP contribution in [0.1, 0.15) is 98.5 Å². The van der Waals surface area contributed by atoms with E-state index in [0.29, 0.717) is 0 Å². The third-order valence-electron chi connectivity index (χ3n) is 5.43. The molecule has 0 radical (unpaired) electrons. The topological polar surface area (TPSA) is 76.5 Å². The first kappa shape index (κ1) is 34.5. The van der Waals surface area contributed by atoms with Crippen molar-refractivity contribution in [3.63, 3.8) is 0 Å². The van der Waals surface area contributed by atoms with Crippen LogP contribution < -0.4 is 0 Å². The largest absolute Gasteiger partial charge is 0.454 e. The van der Waals surface area contributed by atoms with Crippen LogP contribution in [-0.2, 0) is 42.4 Å². The van der Waals surface area contributed by atoms with Gasteiger partial charge in [0.1, 0.15) is 0 Å². The van der Waals surface area contributed by atoms with Crippen LogP contribution in [0.3, 0.4) is 0 Å². The Labute approximate surface area is 188 Å². The molecule has 1 heterocycles. The van der Waals surface area contributed by atoms with Crippen LogP contribution >= 0.6 is 0 Å². The van der Waals surface area contributed by atoms with Gasteiger partial charge < -0.3 is 20.3 Å². The van der Waals surface area contributed by atoms with Crippen LogP contribution in [0.2, 0.25) is 0 Å². The zero-order valence-corrected chi connectivity index (χ0v) is 22.4. The van der Waals surface area contributed by atoms with Gasteiger partial charge in [0.2, 0.25) is 0 Å². The summed E-state index contributed by atoms with van der Waals surface area (Å²) in [5, 5.41) is 21.0. The van der Waals surface area contributed by atoms with Crippen molar-refractivity contribution in [1.82, 2.24) is 4.98 Å². The molecule has 0 spiro atoms. The Morgan fingerprint density at radius 3 is 1.30 bits per heavy atom. The maximum Gasteiger partial charge on any atom is 0.0319 e. The summed E-state index contributed by atoms with van der Waals surface area (Å²) in [6, 6.07) is 3.75. The van der Waals surface area contributed by atoms with E-state index in [-0.39, 0.29) is 42.4 Å². The number of H-pyrrole nitrogens is 1. The summed E-state index contributed by atoms with van der Waals surface area (Å²) in [6.45, 7) is 20.8. The Bertz CT molecular complexity index is 433. The van der Waals surface area contributed by atoms with Gasteiger partial charge in [0.15, 0.2) is 0 Å². The molecule has 0 saturated carbocycles. The molecular weight excluding hydrogens is 417 g/mol. The monoisotopic (exact) mass is 462 g/mol. The number of hydrogen-bond donors (Lipinski definition) is 4. The van der Waals surface area contributed by atoms with E-state index >= 15 is 0 Å². The molecule has 0 saturated heterocycles. The van der Waals surface area contributed by atoms with Crippen LogP contribution in [0.15, 0.2) is 0 Å². The molecule has 0 aliphatic heterocycles. The van der Waals surface area contributed by atoms with Gasteiger partial charge in [-0.15, -0.1) is 5.69 Å². The van der Waals surface area contributed by atoms with Crippen LogP contribution in [0.5, 0.6) is 0 Å². The minimum atomic E-state index is 0. The number of rotatable bonds is 6. The van der Waals surface area contributed by atoms with Gasteiger partial charge in [0.25, 0.3) is 0 Å². The zero-order chi connectivity index (χ0) is 21.8. The molecule has 1 rings (SSSR count). The molecule has 4 nitrogen and oxygen atoms in total. The second kappa shape index (κ2) is 15.9. The first-order valence-corrected chi connectivity index (χ1v) is 9.52. The molecule has 4 N–H and O–H groups in total. The molecule has 5 heteroatoms. The van der Waals surface area contributed by atoms with E-state index in [1.165, 1.54) is 17.0 Å². The molecule has 0 aliphatic rings. The van der Waals surface area contributed by atoms with Gasteiger partial charge in [-0.05, 0) is 23.7 Å². The predicted octanol–water partition coefficient (Wildman–Crippen LogP) is 4.70. The van der Waals surface area contributed by atoms with E-state index in [0.717, 1.165) is 40.6 Å². The quantitative estimate of drug-likeness (QED) is 0.462. The second-order valence-electron chi connectivity index (χ2n) is 8.09. The fraction of sp³-hybridized carbons (Fsp3) is 0.818. The molecule has 27 heavy (non-hydrogen) atoms. The Morgan fingerprint density at radius 2 is 1.00 bits per heavy atom. The molecule has 0 unspecified atom stereocenters. The zero-order valence-electron chi connectivity index (χ0n) is 20.0.